The van der Waals surface area contributed by atoms with E-state index in [1.807, 2.05) is 0 Å². The van der Waals surface area contributed by atoms with E-state index in [0.717, 1.165) is 0 Å². The zero-order valence-electron chi connectivity index (χ0n) is 7.68. The molecule has 0 rings (SSSR count). The van der Waals surface area contributed by atoms with E-state index in [0.29, 0.717) is 14.2 Å². The molecule has 0 aromatic rings. The normalized spacial score (nSPS) is 14.3. The lowest BCUT2D eigenvalue weighted by Crippen LogP contribution is -2.28. The van der Waals surface area contributed by atoms with Crippen LogP contribution in [0.4, 0.5) is 22.0 Å². The minimum Gasteiger partial charge on any atom is -0.290 e. The highest BCUT2D eigenvalue weighted by molar-refractivity contribution is 7.48. The van der Waals surface area contributed by atoms with Crippen LogP contribution < -0.4 is 0 Å². The van der Waals surface area contributed by atoms with E-state index in [-0.39, 0.29) is 0 Å². The monoisotopic (exact) mass is 258 g/mol. The van der Waals surface area contributed by atoms with Gasteiger partial charge in [-0.15, -0.1) is 0 Å². The Kier molecular flexibility index (Phi) is 4.66. The third kappa shape index (κ3) is 6.03. The zero-order chi connectivity index (χ0) is 12.3. The maximum absolute atomic E-state index is 12.5. The molecule has 0 spiro atoms. The Morgan fingerprint density at radius 1 is 1.07 bits per heavy atom. The van der Waals surface area contributed by atoms with Crippen molar-refractivity contribution in [2.75, 3.05) is 14.2 Å². The van der Waals surface area contributed by atoms with Crippen LogP contribution in [0.25, 0.3) is 0 Å². The van der Waals surface area contributed by atoms with Crippen LogP contribution in [0, 0.1) is 0 Å². The molecule has 0 aromatic heterocycles. The van der Waals surface area contributed by atoms with Gasteiger partial charge in [0.1, 0.15) is 6.42 Å². The summed E-state index contributed by atoms with van der Waals surface area (Å²) in [5.74, 6) is 0. The molecule has 0 atom stereocenters. The van der Waals surface area contributed by atoms with Gasteiger partial charge in [0.15, 0.2) is 0 Å². The highest BCUT2D eigenvalue weighted by Crippen LogP contribution is 2.53. The van der Waals surface area contributed by atoms with Crippen LogP contribution in [0.15, 0.2) is 0 Å². The summed E-state index contributed by atoms with van der Waals surface area (Å²) < 4.78 is 81.9. The van der Waals surface area contributed by atoms with Crippen molar-refractivity contribution in [3.63, 3.8) is 0 Å². The lowest BCUT2D eigenvalue weighted by molar-refractivity contribution is -0.260. The van der Waals surface area contributed by atoms with E-state index in [4.69, 9.17) is 0 Å². The molecule has 92 valence electrons. The number of rotatable bonds is 5. The predicted molar refractivity (Wildman–Crippen MR) is 38.3 cm³/mol. The van der Waals surface area contributed by atoms with Gasteiger partial charge < -0.3 is 0 Å². The van der Waals surface area contributed by atoms with Gasteiger partial charge in [-0.3, -0.25) is 9.05 Å². The first-order chi connectivity index (χ1) is 6.54. The average molecular weight is 258 g/mol. The zero-order valence-corrected chi connectivity index (χ0v) is 8.57. The minimum absolute atomic E-state index is 0.702. The van der Waals surface area contributed by atoms with E-state index >= 15 is 0 Å². The second-order valence-electron chi connectivity index (χ2n) is 2.33. The predicted octanol–water partition coefficient (Wildman–Crippen LogP) is 2.95. The van der Waals surface area contributed by atoms with Crippen molar-refractivity contribution >= 4 is 7.82 Å². The van der Waals surface area contributed by atoms with E-state index < -0.39 is 26.5 Å². The van der Waals surface area contributed by atoms with E-state index in [1.165, 1.54) is 0 Å². The van der Waals surface area contributed by atoms with Crippen molar-refractivity contribution in [2.45, 2.75) is 18.7 Å². The topological polar surface area (TPSA) is 44.8 Å². The van der Waals surface area contributed by atoms with Crippen molar-refractivity contribution in [1.29, 1.82) is 0 Å². The molecule has 0 N–H and O–H groups in total. The molecule has 0 fully saturated rings. The number of hydrogen-bond acceptors (Lipinski definition) is 4. The van der Waals surface area contributed by atoms with Crippen molar-refractivity contribution in [3.8, 4) is 0 Å². The smallest absolute Gasteiger partial charge is 0.290 e. The summed E-state index contributed by atoms with van der Waals surface area (Å²) in [6.45, 7) is 0. The molecular formula is C5H8F5O4P. The fourth-order valence-corrected chi connectivity index (χ4v) is 1.27. The van der Waals surface area contributed by atoms with Crippen LogP contribution in [0.1, 0.15) is 6.42 Å². The Balaban J connectivity index is 4.56. The summed E-state index contributed by atoms with van der Waals surface area (Å²) in [5, 5.41) is 0. The standard InChI is InChI=1S/C5H8F5O4P/c1-12-15(11,13-2)14-5(9,10)3-4(6,7)8/h3H2,1-2H3. The Labute approximate surface area is 81.9 Å². The number of alkyl halides is 5. The van der Waals surface area contributed by atoms with Crippen molar-refractivity contribution in [2.24, 2.45) is 0 Å². The SMILES string of the molecule is COP(=O)(OC)OC(F)(F)CC(F)(F)F. The highest BCUT2D eigenvalue weighted by Gasteiger charge is 2.49. The molecule has 0 aliphatic carbocycles. The van der Waals surface area contributed by atoms with Crippen molar-refractivity contribution in [3.05, 3.63) is 0 Å². The number of phosphoric ester groups is 1. The second kappa shape index (κ2) is 4.73. The molecule has 0 aromatic carbocycles. The third-order valence-corrected chi connectivity index (χ3v) is 2.48. The van der Waals surface area contributed by atoms with Gasteiger partial charge in [-0.25, -0.2) is 9.09 Å². The van der Waals surface area contributed by atoms with Crippen LogP contribution in [0.5, 0.6) is 0 Å². The molecule has 0 aliphatic rings. The molecule has 10 heteroatoms. The quantitative estimate of drug-likeness (QED) is 0.561. The second-order valence-corrected chi connectivity index (χ2v) is 4.14. The fourth-order valence-electron chi connectivity index (χ4n) is 0.578. The van der Waals surface area contributed by atoms with Gasteiger partial charge in [-0.1, -0.05) is 0 Å². The molecule has 0 saturated carbocycles. The molecule has 4 nitrogen and oxygen atoms in total. The van der Waals surface area contributed by atoms with Crippen LogP contribution in [-0.4, -0.2) is 26.5 Å². The first-order valence-electron chi connectivity index (χ1n) is 3.40. The number of halogens is 5. The highest BCUT2D eigenvalue weighted by atomic mass is 31.2. The van der Waals surface area contributed by atoms with Crippen molar-refractivity contribution < 1.29 is 40.1 Å². The van der Waals surface area contributed by atoms with E-state index in [9.17, 15) is 26.5 Å². The Bertz CT molecular complexity index is 244. The summed E-state index contributed by atoms with van der Waals surface area (Å²) in [4.78, 5) is 0. The van der Waals surface area contributed by atoms with E-state index in [1.54, 1.807) is 0 Å². The first-order valence-corrected chi connectivity index (χ1v) is 4.86. The Morgan fingerprint density at radius 2 is 1.47 bits per heavy atom. The van der Waals surface area contributed by atoms with Crippen LogP contribution >= 0.6 is 7.82 Å². The van der Waals surface area contributed by atoms with Gasteiger partial charge in [-0.05, 0) is 0 Å². The van der Waals surface area contributed by atoms with Gasteiger partial charge >= 0.3 is 20.1 Å². The first kappa shape index (κ1) is 14.8. The maximum Gasteiger partial charge on any atom is 0.479 e. The summed E-state index contributed by atoms with van der Waals surface area (Å²) in [7, 11) is -3.23. The minimum atomic E-state index is -5.16. The van der Waals surface area contributed by atoms with Crippen LogP contribution in [0.3, 0.4) is 0 Å². The Hall–Kier alpha value is -0.240. The average Bonchev–Trinajstić information content (AvgIpc) is 1.98. The largest absolute Gasteiger partial charge is 0.479 e. The van der Waals surface area contributed by atoms with Gasteiger partial charge in [0, 0.05) is 14.2 Å². The molecule has 0 unspecified atom stereocenters. The van der Waals surface area contributed by atoms with Gasteiger partial charge in [0.2, 0.25) is 0 Å². The summed E-state index contributed by atoms with van der Waals surface area (Å²) in [6.07, 6.45) is -12.4. The molecular weight excluding hydrogens is 250 g/mol. The summed E-state index contributed by atoms with van der Waals surface area (Å²) >= 11 is 0. The van der Waals surface area contributed by atoms with Crippen LogP contribution in [-0.2, 0) is 18.1 Å². The van der Waals surface area contributed by atoms with Gasteiger partial charge in [0.05, 0.1) is 0 Å². The molecule has 0 aliphatic heterocycles. The molecule has 0 bridgehead atoms. The molecule has 0 heterocycles. The van der Waals surface area contributed by atoms with E-state index in [2.05, 4.69) is 13.6 Å². The molecule has 15 heavy (non-hydrogen) atoms. The molecule has 0 saturated heterocycles. The van der Waals surface area contributed by atoms with Crippen molar-refractivity contribution in [1.82, 2.24) is 0 Å². The lowest BCUT2D eigenvalue weighted by Gasteiger charge is -2.21. The van der Waals surface area contributed by atoms with Gasteiger partial charge in [0.25, 0.3) is 0 Å². The molecule has 0 radical (unpaired) electrons. The van der Waals surface area contributed by atoms with Crippen LogP contribution in [0.2, 0.25) is 0 Å². The maximum atomic E-state index is 12.5. The summed E-state index contributed by atoms with van der Waals surface area (Å²) in [5.41, 5.74) is 0. The van der Waals surface area contributed by atoms with Gasteiger partial charge in [-0.2, -0.15) is 22.0 Å². The lowest BCUT2D eigenvalue weighted by atomic mass is 10.4. The Morgan fingerprint density at radius 3 is 1.73 bits per heavy atom. The third-order valence-electron chi connectivity index (χ3n) is 1.10. The number of hydrogen-bond donors (Lipinski definition) is 0. The summed E-state index contributed by atoms with van der Waals surface area (Å²) in [6, 6.07) is 0. The molecule has 0 amide bonds. The fraction of sp³-hybridized carbons (Fsp3) is 1.00. The number of phosphoric acid groups is 1.